The quantitative estimate of drug-likeness (QED) is 0.224. The first-order valence-corrected chi connectivity index (χ1v) is 11.6. The molecule has 3 rings (SSSR count). The molecule has 0 radical (unpaired) electrons. The third-order valence-corrected chi connectivity index (χ3v) is 7.69. The first-order chi connectivity index (χ1) is 13.3. The van der Waals surface area contributed by atoms with Crippen molar-refractivity contribution in [3.63, 3.8) is 0 Å². The Morgan fingerprint density at radius 3 is 1.39 bits per heavy atom. The number of thiol groups is 1. The van der Waals surface area contributed by atoms with Crippen LogP contribution in [0.4, 0.5) is 0 Å². The molecule has 3 heteroatoms. The van der Waals surface area contributed by atoms with Crippen LogP contribution in [0.5, 0.6) is 0 Å². The van der Waals surface area contributed by atoms with Gasteiger partial charge in [-0.05, 0) is 28.9 Å². The van der Waals surface area contributed by atoms with E-state index in [0.717, 1.165) is 5.75 Å². The topological polar surface area (TPSA) is 26.0 Å². The van der Waals surface area contributed by atoms with Crippen molar-refractivity contribution in [3.8, 4) is 0 Å². The molecule has 0 bridgehead atoms. The van der Waals surface area contributed by atoms with E-state index >= 15 is 0 Å². The summed E-state index contributed by atoms with van der Waals surface area (Å²) in [5, 5.41) is 7.10. The molecule has 0 amide bonds. The van der Waals surface area contributed by atoms with Crippen molar-refractivity contribution in [3.05, 3.63) is 108 Å². The number of nitrogens with two attached hydrogens (primary N) is 1. The summed E-state index contributed by atoms with van der Waals surface area (Å²) in [4.78, 5) is 0. The van der Waals surface area contributed by atoms with Crippen LogP contribution in [0.15, 0.2) is 91.0 Å². The Morgan fingerprint density at radius 1 is 0.643 bits per heavy atom. The number of unbranched alkanes of at least 4 members (excludes halogenated alkanes) is 3. The zero-order chi connectivity index (χ0) is 19.0. The molecule has 2 N–H and O–H groups in total. The van der Waals surface area contributed by atoms with Crippen molar-refractivity contribution in [2.45, 2.75) is 37.4 Å². The maximum atomic E-state index is 7.10. The SMILES string of the molecule is CCCCCC[SH](N)C(c1ccccc1)(c1ccccc1)c1ccccc1.Cl. The lowest BCUT2D eigenvalue weighted by atomic mass is 9.84. The average molecular weight is 414 g/mol. The van der Waals surface area contributed by atoms with Gasteiger partial charge in [-0.15, -0.1) is 12.4 Å². The highest BCUT2D eigenvalue weighted by molar-refractivity contribution is 8.16. The monoisotopic (exact) mass is 413 g/mol. The summed E-state index contributed by atoms with van der Waals surface area (Å²) in [5.41, 5.74) is 3.89. The molecule has 0 saturated heterocycles. The summed E-state index contributed by atoms with van der Waals surface area (Å²) < 4.78 is -0.272. The molecule has 28 heavy (non-hydrogen) atoms. The molecule has 0 aromatic heterocycles. The Morgan fingerprint density at radius 2 is 1.04 bits per heavy atom. The minimum Gasteiger partial charge on any atom is -0.295 e. The van der Waals surface area contributed by atoms with E-state index in [-0.39, 0.29) is 17.2 Å². The van der Waals surface area contributed by atoms with Crippen LogP contribution in [0.3, 0.4) is 0 Å². The largest absolute Gasteiger partial charge is 0.295 e. The van der Waals surface area contributed by atoms with Crippen LogP contribution >= 0.6 is 23.5 Å². The van der Waals surface area contributed by atoms with Gasteiger partial charge in [0.1, 0.15) is 0 Å². The van der Waals surface area contributed by atoms with E-state index in [0.29, 0.717) is 0 Å². The first kappa shape index (κ1) is 22.5. The Kier molecular flexibility index (Phi) is 9.11. The summed E-state index contributed by atoms with van der Waals surface area (Å²) >= 11 is -0.774. The second-order valence-corrected chi connectivity index (χ2v) is 9.12. The van der Waals surface area contributed by atoms with Gasteiger partial charge >= 0.3 is 0 Å². The van der Waals surface area contributed by atoms with Crippen molar-refractivity contribution in [2.75, 3.05) is 5.75 Å². The summed E-state index contributed by atoms with van der Waals surface area (Å²) in [6.07, 6.45) is 5.01. The Balaban J connectivity index is 0.00000280. The van der Waals surface area contributed by atoms with E-state index in [9.17, 15) is 0 Å². The van der Waals surface area contributed by atoms with E-state index in [2.05, 4.69) is 97.9 Å². The number of hydrogen-bond donors (Lipinski definition) is 2. The molecule has 0 spiro atoms. The molecule has 150 valence electrons. The molecule has 1 atom stereocenters. The summed E-state index contributed by atoms with van der Waals surface area (Å²) in [6.45, 7) is 2.26. The first-order valence-electron chi connectivity index (χ1n) is 9.99. The smallest absolute Gasteiger partial charge is 0.0840 e. The summed E-state index contributed by atoms with van der Waals surface area (Å²) in [6, 6.07) is 32.5. The van der Waals surface area contributed by atoms with Gasteiger partial charge in [-0.25, -0.2) is 0 Å². The third kappa shape index (κ3) is 4.81. The van der Waals surface area contributed by atoms with Crippen molar-refractivity contribution in [2.24, 2.45) is 5.14 Å². The van der Waals surface area contributed by atoms with Gasteiger partial charge in [0.15, 0.2) is 0 Å². The maximum Gasteiger partial charge on any atom is 0.0840 e. The van der Waals surface area contributed by atoms with Crippen molar-refractivity contribution < 1.29 is 0 Å². The zero-order valence-corrected chi connectivity index (χ0v) is 18.3. The predicted molar refractivity (Wildman–Crippen MR) is 129 cm³/mol. The van der Waals surface area contributed by atoms with Crippen molar-refractivity contribution in [1.29, 1.82) is 0 Å². The molecule has 0 heterocycles. The van der Waals surface area contributed by atoms with Crippen LogP contribution in [-0.2, 0) is 4.75 Å². The van der Waals surface area contributed by atoms with E-state index in [4.69, 9.17) is 5.14 Å². The molecular weight excluding hydrogens is 382 g/mol. The van der Waals surface area contributed by atoms with Gasteiger partial charge < -0.3 is 0 Å². The van der Waals surface area contributed by atoms with Gasteiger partial charge in [0.05, 0.1) is 4.75 Å². The summed E-state index contributed by atoms with van der Waals surface area (Å²) in [5.74, 6) is 1.08. The maximum absolute atomic E-state index is 7.10. The molecule has 3 aromatic rings. The Labute approximate surface area is 179 Å². The predicted octanol–water partition coefficient (Wildman–Crippen LogP) is 6.86. The lowest BCUT2D eigenvalue weighted by Gasteiger charge is -2.43. The minimum absolute atomic E-state index is 0. The highest BCUT2D eigenvalue weighted by Crippen LogP contribution is 2.54. The Hall–Kier alpha value is -1.74. The van der Waals surface area contributed by atoms with Gasteiger partial charge in [-0.3, -0.25) is 5.14 Å². The van der Waals surface area contributed by atoms with Gasteiger partial charge in [-0.2, -0.15) is 11.1 Å². The van der Waals surface area contributed by atoms with Gasteiger partial charge in [0.2, 0.25) is 0 Å². The average Bonchev–Trinajstić information content (AvgIpc) is 2.74. The fraction of sp³-hybridized carbons (Fsp3) is 0.280. The second kappa shape index (κ2) is 11.3. The molecule has 0 aliphatic carbocycles. The molecule has 0 aliphatic heterocycles. The van der Waals surface area contributed by atoms with E-state index in [1.165, 1.54) is 42.4 Å². The number of benzene rings is 3. The third-order valence-electron chi connectivity index (χ3n) is 5.26. The van der Waals surface area contributed by atoms with E-state index in [1.54, 1.807) is 0 Å². The molecule has 1 nitrogen and oxygen atoms in total. The van der Waals surface area contributed by atoms with Crippen LogP contribution < -0.4 is 5.14 Å². The highest BCUT2D eigenvalue weighted by atomic mass is 35.5. The van der Waals surface area contributed by atoms with E-state index in [1.807, 2.05) is 0 Å². The van der Waals surface area contributed by atoms with Gasteiger partial charge in [-0.1, -0.05) is 117 Å². The standard InChI is InChI=1S/C25H31NS.ClH/c1-2-3-4-14-21-27(26)25(22-15-8-5-9-16-22,23-17-10-6-11-18-23)24-19-12-7-13-20-24;/h5-13,15-20,27H,2-4,14,21,26H2,1H3;1H. The van der Waals surface area contributed by atoms with Crippen LogP contribution in [0.1, 0.15) is 49.3 Å². The number of hydrogen-bond acceptors (Lipinski definition) is 1. The van der Waals surface area contributed by atoms with Crippen LogP contribution in [0, 0.1) is 0 Å². The van der Waals surface area contributed by atoms with Gasteiger partial charge in [0, 0.05) is 0 Å². The molecule has 0 aliphatic rings. The summed E-state index contributed by atoms with van der Waals surface area (Å²) in [7, 11) is 0. The Bertz CT molecular complexity index is 696. The lowest BCUT2D eigenvalue weighted by molar-refractivity contribution is 0.703. The molecule has 3 aromatic carbocycles. The number of halogens is 1. The van der Waals surface area contributed by atoms with Crippen molar-refractivity contribution in [1.82, 2.24) is 0 Å². The van der Waals surface area contributed by atoms with E-state index < -0.39 is 11.1 Å². The van der Waals surface area contributed by atoms with Crippen molar-refractivity contribution >= 4 is 23.5 Å². The normalized spacial score (nSPS) is 12.9. The van der Waals surface area contributed by atoms with Gasteiger partial charge in [0.25, 0.3) is 0 Å². The van der Waals surface area contributed by atoms with Crippen LogP contribution in [0.25, 0.3) is 0 Å². The zero-order valence-electron chi connectivity index (χ0n) is 16.6. The number of rotatable bonds is 9. The fourth-order valence-corrected chi connectivity index (χ4v) is 6.25. The minimum atomic E-state index is -0.774. The lowest BCUT2D eigenvalue weighted by Crippen LogP contribution is -2.33. The molecule has 1 unspecified atom stereocenters. The molecule has 0 saturated carbocycles. The van der Waals surface area contributed by atoms with Crippen LogP contribution in [0.2, 0.25) is 0 Å². The second-order valence-electron chi connectivity index (χ2n) is 7.06. The van der Waals surface area contributed by atoms with Crippen LogP contribution in [-0.4, -0.2) is 5.75 Å². The fourth-order valence-electron chi connectivity index (χ4n) is 3.91. The molecular formula is C25H32ClNS. The molecule has 0 fully saturated rings. The highest BCUT2D eigenvalue weighted by Gasteiger charge is 2.39.